The minimum Gasteiger partial charge on any atom is -0.477 e. The number of carbonyl (C=O) groups is 2. The first-order valence-corrected chi connectivity index (χ1v) is 7.31. The number of amides is 1. The highest BCUT2D eigenvalue weighted by atomic mass is 16.6. The second kappa shape index (κ2) is 7.35. The van der Waals surface area contributed by atoms with E-state index in [1.54, 1.807) is 0 Å². The van der Waals surface area contributed by atoms with Crippen LogP contribution in [0.4, 0.5) is 4.79 Å². The lowest BCUT2D eigenvalue weighted by Gasteiger charge is -2.34. The molecule has 0 radical (unpaired) electrons. The Balaban J connectivity index is 2.42. The zero-order valence-corrected chi connectivity index (χ0v) is 13.3. The van der Waals surface area contributed by atoms with Crippen LogP contribution in [0.1, 0.15) is 46.5 Å². The highest BCUT2D eigenvalue weighted by Gasteiger charge is 2.26. The number of alkyl carbamates (subject to hydrolysis) is 1. The van der Waals surface area contributed by atoms with Crippen LogP contribution >= 0.6 is 0 Å². The monoisotopic (exact) mass is 314 g/mol. The van der Waals surface area contributed by atoms with Crippen LogP contribution in [-0.2, 0) is 9.53 Å². The van der Waals surface area contributed by atoms with Gasteiger partial charge in [-0.25, -0.2) is 15.4 Å². The summed E-state index contributed by atoms with van der Waals surface area (Å²) < 4.78 is 5.22. The summed E-state index contributed by atoms with van der Waals surface area (Å²) in [5, 5.41) is 12.9. The van der Waals surface area contributed by atoms with Gasteiger partial charge in [-0.05, 0) is 46.5 Å². The number of aliphatic carboxylic acids is 1. The largest absolute Gasteiger partial charge is 0.477 e. The number of nitrogens with zero attached hydrogens (tertiary/aromatic N) is 1. The summed E-state index contributed by atoms with van der Waals surface area (Å²) in [6, 6.07) is 0.0508. The Morgan fingerprint density at radius 2 is 1.82 bits per heavy atom. The molecule has 1 aliphatic rings. The van der Waals surface area contributed by atoms with Crippen LogP contribution in [0, 0.1) is 0 Å². The number of hydrogen-bond donors (Lipinski definition) is 4. The highest BCUT2D eigenvalue weighted by molar-refractivity contribution is 5.85. The van der Waals surface area contributed by atoms with Crippen LogP contribution in [0.2, 0.25) is 0 Å². The van der Waals surface area contributed by atoms with Gasteiger partial charge in [0.25, 0.3) is 0 Å². The molecule has 0 spiro atoms. The summed E-state index contributed by atoms with van der Waals surface area (Å²) in [5.41, 5.74) is 4.53. The second-order valence-electron chi connectivity index (χ2n) is 6.49. The predicted molar refractivity (Wildman–Crippen MR) is 81.3 cm³/mol. The lowest BCUT2D eigenvalue weighted by atomic mass is 9.91. The van der Waals surface area contributed by atoms with Gasteiger partial charge >= 0.3 is 12.1 Å². The van der Waals surface area contributed by atoms with Gasteiger partial charge < -0.3 is 25.9 Å². The molecule has 1 aliphatic carbocycles. The van der Waals surface area contributed by atoms with E-state index in [9.17, 15) is 9.59 Å². The van der Waals surface area contributed by atoms with Crippen molar-refractivity contribution in [3.05, 3.63) is 11.9 Å². The van der Waals surface area contributed by atoms with E-state index < -0.39 is 17.7 Å². The van der Waals surface area contributed by atoms with E-state index in [4.69, 9.17) is 21.4 Å². The topological polar surface area (TPSA) is 131 Å². The zero-order chi connectivity index (χ0) is 16.9. The maximum Gasteiger partial charge on any atom is 0.407 e. The first kappa shape index (κ1) is 18.1. The van der Waals surface area contributed by atoms with Crippen LogP contribution in [0.25, 0.3) is 0 Å². The van der Waals surface area contributed by atoms with Crippen molar-refractivity contribution in [2.45, 2.75) is 64.1 Å². The van der Waals surface area contributed by atoms with Crippen LogP contribution in [0.5, 0.6) is 0 Å². The number of nitrogens with two attached hydrogens (primary N) is 2. The molecule has 1 amide bonds. The van der Waals surface area contributed by atoms with Crippen molar-refractivity contribution in [2.24, 2.45) is 11.6 Å². The summed E-state index contributed by atoms with van der Waals surface area (Å²) in [4.78, 5) is 22.4. The Labute approximate surface area is 130 Å². The molecule has 126 valence electrons. The molecule has 0 saturated heterocycles. The molecule has 8 heteroatoms. The first-order chi connectivity index (χ1) is 10.1. The molecule has 0 aromatic heterocycles. The van der Waals surface area contributed by atoms with E-state index in [1.165, 1.54) is 11.2 Å². The average molecular weight is 314 g/mol. The number of nitrogens with one attached hydrogen (secondary N) is 1. The molecule has 1 fully saturated rings. The van der Waals surface area contributed by atoms with Crippen LogP contribution in [0.3, 0.4) is 0 Å². The maximum absolute atomic E-state index is 11.7. The smallest absolute Gasteiger partial charge is 0.407 e. The van der Waals surface area contributed by atoms with E-state index in [-0.39, 0.29) is 17.8 Å². The number of carboxylic acid groups (broad SMARTS) is 1. The van der Waals surface area contributed by atoms with Gasteiger partial charge in [0.1, 0.15) is 11.3 Å². The molecule has 0 unspecified atom stereocenters. The summed E-state index contributed by atoms with van der Waals surface area (Å²) in [6.07, 6.45) is 3.78. The van der Waals surface area contributed by atoms with Gasteiger partial charge in [-0.1, -0.05) is 0 Å². The van der Waals surface area contributed by atoms with E-state index >= 15 is 0 Å². The van der Waals surface area contributed by atoms with Crippen molar-refractivity contribution in [3.63, 3.8) is 0 Å². The van der Waals surface area contributed by atoms with Crippen molar-refractivity contribution in [3.8, 4) is 0 Å². The number of carboxylic acids is 1. The Morgan fingerprint density at radius 3 is 2.27 bits per heavy atom. The molecule has 0 heterocycles. The molecule has 0 aromatic rings. The van der Waals surface area contributed by atoms with E-state index in [1.807, 2.05) is 20.8 Å². The Hall–Kier alpha value is -1.96. The van der Waals surface area contributed by atoms with Gasteiger partial charge in [0.15, 0.2) is 0 Å². The molecule has 0 aliphatic heterocycles. The van der Waals surface area contributed by atoms with Crippen LogP contribution < -0.4 is 16.9 Å². The number of rotatable bonds is 4. The lowest BCUT2D eigenvalue weighted by molar-refractivity contribution is -0.132. The molecule has 8 nitrogen and oxygen atoms in total. The Bertz CT molecular complexity index is 437. The molecule has 0 atom stereocenters. The standard InChI is InChI=1S/C14H26N4O4/c1-14(2,3)22-13(21)17-9-4-6-10(7-5-9)18(16)8-11(15)12(19)20/h8-10H,4-7,15-16H2,1-3H3,(H,17,21)(H,19,20)/b11-8-. The van der Waals surface area contributed by atoms with Crippen molar-refractivity contribution < 1.29 is 19.4 Å². The molecule has 1 rings (SSSR count). The van der Waals surface area contributed by atoms with Crippen molar-refractivity contribution >= 4 is 12.1 Å². The SMILES string of the molecule is CC(C)(C)OC(=O)NC1CCC(N(N)/C=C(\N)C(=O)O)CC1. The Morgan fingerprint density at radius 1 is 1.27 bits per heavy atom. The lowest BCUT2D eigenvalue weighted by Crippen LogP contribution is -2.46. The fourth-order valence-corrected chi connectivity index (χ4v) is 2.31. The van der Waals surface area contributed by atoms with Gasteiger partial charge in [0.2, 0.25) is 0 Å². The molecule has 0 bridgehead atoms. The van der Waals surface area contributed by atoms with Crippen molar-refractivity contribution in [1.29, 1.82) is 0 Å². The third-order valence-electron chi connectivity index (χ3n) is 3.37. The average Bonchev–Trinajstić information content (AvgIpc) is 2.36. The molecular formula is C14H26N4O4. The van der Waals surface area contributed by atoms with E-state index in [0.717, 1.165) is 25.7 Å². The van der Waals surface area contributed by atoms with Crippen LogP contribution in [-0.4, -0.2) is 39.9 Å². The fraction of sp³-hybridized carbons (Fsp3) is 0.714. The molecule has 1 saturated carbocycles. The van der Waals surface area contributed by atoms with Gasteiger partial charge in [-0.2, -0.15) is 0 Å². The third-order valence-corrected chi connectivity index (χ3v) is 3.37. The number of hydrogen-bond acceptors (Lipinski definition) is 6. The number of carbonyl (C=O) groups excluding carboxylic acids is 1. The summed E-state index contributed by atoms with van der Waals surface area (Å²) in [6.45, 7) is 5.44. The van der Waals surface area contributed by atoms with Gasteiger partial charge in [0, 0.05) is 18.3 Å². The molecule has 0 aromatic carbocycles. The summed E-state index contributed by atoms with van der Waals surface area (Å²) in [7, 11) is 0. The summed E-state index contributed by atoms with van der Waals surface area (Å²) in [5.74, 6) is 4.62. The zero-order valence-electron chi connectivity index (χ0n) is 13.3. The molecule has 22 heavy (non-hydrogen) atoms. The number of ether oxygens (including phenoxy) is 1. The highest BCUT2D eigenvalue weighted by Crippen LogP contribution is 2.22. The molecular weight excluding hydrogens is 288 g/mol. The Kier molecular flexibility index (Phi) is 6.04. The van der Waals surface area contributed by atoms with E-state index in [2.05, 4.69) is 5.32 Å². The first-order valence-electron chi connectivity index (χ1n) is 7.31. The minimum absolute atomic E-state index is 0.00888. The van der Waals surface area contributed by atoms with Crippen LogP contribution in [0.15, 0.2) is 11.9 Å². The van der Waals surface area contributed by atoms with Gasteiger partial charge in [-0.3, -0.25) is 0 Å². The molecule has 6 N–H and O–H groups in total. The quantitative estimate of drug-likeness (QED) is 0.344. The second-order valence-corrected chi connectivity index (χ2v) is 6.49. The van der Waals surface area contributed by atoms with Crippen molar-refractivity contribution in [1.82, 2.24) is 10.3 Å². The maximum atomic E-state index is 11.7. The van der Waals surface area contributed by atoms with Crippen molar-refractivity contribution in [2.75, 3.05) is 0 Å². The number of hydrazine groups is 1. The predicted octanol–water partition coefficient (Wildman–Crippen LogP) is 0.883. The minimum atomic E-state index is -1.20. The third kappa shape index (κ3) is 6.21. The fourth-order valence-electron chi connectivity index (χ4n) is 2.31. The normalized spacial score (nSPS) is 22.8. The summed E-state index contributed by atoms with van der Waals surface area (Å²) >= 11 is 0. The van der Waals surface area contributed by atoms with Gasteiger partial charge in [-0.15, -0.1) is 0 Å². The van der Waals surface area contributed by atoms with E-state index in [0.29, 0.717) is 0 Å². The van der Waals surface area contributed by atoms with Gasteiger partial charge in [0.05, 0.1) is 0 Å².